The van der Waals surface area contributed by atoms with Crippen molar-refractivity contribution in [3.63, 3.8) is 0 Å². The molecule has 2 heterocycles. The molecule has 0 aliphatic carbocycles. The molecular weight excluding hydrogens is 298 g/mol. The average Bonchev–Trinajstić information content (AvgIpc) is 3.22. The number of nitrogens with zero attached hydrogens (tertiary/aromatic N) is 2. The number of hydrogen-bond acceptors (Lipinski definition) is 4. The van der Waals surface area contributed by atoms with Gasteiger partial charge >= 0.3 is 6.03 Å². The van der Waals surface area contributed by atoms with E-state index in [4.69, 9.17) is 0 Å². The maximum absolute atomic E-state index is 12.1. The van der Waals surface area contributed by atoms with Crippen molar-refractivity contribution in [1.82, 2.24) is 15.2 Å². The van der Waals surface area contributed by atoms with E-state index in [1.807, 2.05) is 35.7 Å². The van der Waals surface area contributed by atoms with Gasteiger partial charge in [-0.3, -0.25) is 0 Å². The predicted octanol–water partition coefficient (Wildman–Crippen LogP) is 2.48. The fourth-order valence-corrected chi connectivity index (χ4v) is 3.49. The molecule has 5 nitrogen and oxygen atoms in total. The van der Waals surface area contributed by atoms with E-state index in [9.17, 15) is 9.90 Å². The number of aromatic nitrogens is 1. The topological polar surface area (TPSA) is 65.5 Å². The van der Waals surface area contributed by atoms with E-state index in [1.54, 1.807) is 16.2 Å². The molecule has 0 saturated carbocycles. The summed E-state index contributed by atoms with van der Waals surface area (Å²) in [6, 6.07) is 9.84. The molecule has 0 radical (unpaired) electrons. The third-order valence-corrected chi connectivity index (χ3v) is 4.78. The number of nitrogens with one attached hydrogen (secondary N) is 1. The third kappa shape index (κ3) is 3.28. The molecule has 1 atom stereocenters. The number of hydrogen-bond donors (Lipinski definition) is 2. The van der Waals surface area contributed by atoms with E-state index in [2.05, 4.69) is 10.3 Å². The molecule has 1 saturated heterocycles. The highest BCUT2D eigenvalue weighted by molar-refractivity contribution is 7.13. The number of benzene rings is 1. The molecule has 22 heavy (non-hydrogen) atoms. The summed E-state index contributed by atoms with van der Waals surface area (Å²) in [4.78, 5) is 18.4. The standard InChI is InChI=1S/C16H19N3O2S/c20-10-14-7-4-8-19(14)16(21)17-9-13-11-22-15(18-13)12-5-2-1-3-6-12/h1-3,5-6,11,14,20H,4,7-10H2,(H,17,21). The van der Waals surface area contributed by atoms with Gasteiger partial charge in [-0.1, -0.05) is 30.3 Å². The molecule has 0 bridgehead atoms. The lowest BCUT2D eigenvalue weighted by atomic mass is 10.2. The van der Waals surface area contributed by atoms with Crippen LogP contribution in [-0.4, -0.2) is 40.2 Å². The van der Waals surface area contributed by atoms with Crippen LogP contribution in [-0.2, 0) is 6.54 Å². The van der Waals surface area contributed by atoms with Gasteiger partial charge in [0.2, 0.25) is 0 Å². The Hall–Kier alpha value is -1.92. The number of urea groups is 1. The van der Waals surface area contributed by atoms with Crippen LogP contribution in [0.2, 0.25) is 0 Å². The minimum absolute atomic E-state index is 0.0300. The summed E-state index contributed by atoms with van der Waals surface area (Å²) in [7, 11) is 0. The van der Waals surface area contributed by atoms with Gasteiger partial charge in [-0.05, 0) is 12.8 Å². The molecule has 1 unspecified atom stereocenters. The van der Waals surface area contributed by atoms with E-state index >= 15 is 0 Å². The Morgan fingerprint density at radius 2 is 2.23 bits per heavy atom. The fraction of sp³-hybridized carbons (Fsp3) is 0.375. The molecule has 1 aliphatic rings. The van der Waals surface area contributed by atoms with Gasteiger partial charge in [0.05, 0.1) is 24.9 Å². The first-order chi connectivity index (χ1) is 10.8. The minimum atomic E-state index is -0.120. The summed E-state index contributed by atoms with van der Waals surface area (Å²) < 4.78 is 0. The molecule has 1 aromatic carbocycles. The first-order valence-electron chi connectivity index (χ1n) is 7.43. The van der Waals surface area contributed by atoms with Gasteiger partial charge in [0.15, 0.2) is 0 Å². The van der Waals surface area contributed by atoms with Crippen molar-refractivity contribution in [2.24, 2.45) is 0 Å². The number of aliphatic hydroxyl groups is 1. The van der Waals surface area contributed by atoms with Crippen molar-refractivity contribution in [3.05, 3.63) is 41.4 Å². The van der Waals surface area contributed by atoms with Gasteiger partial charge in [0, 0.05) is 17.5 Å². The van der Waals surface area contributed by atoms with Gasteiger partial charge < -0.3 is 15.3 Å². The van der Waals surface area contributed by atoms with E-state index in [0.717, 1.165) is 29.1 Å². The molecule has 2 aromatic rings. The molecule has 0 spiro atoms. The largest absolute Gasteiger partial charge is 0.394 e. The highest BCUT2D eigenvalue weighted by atomic mass is 32.1. The molecular formula is C16H19N3O2S. The zero-order valence-corrected chi connectivity index (χ0v) is 13.1. The smallest absolute Gasteiger partial charge is 0.318 e. The molecule has 1 aromatic heterocycles. The maximum Gasteiger partial charge on any atom is 0.318 e. The zero-order valence-electron chi connectivity index (χ0n) is 12.2. The van der Waals surface area contributed by atoms with Crippen LogP contribution in [0, 0.1) is 0 Å². The molecule has 1 aliphatic heterocycles. The van der Waals surface area contributed by atoms with Crippen LogP contribution >= 0.6 is 11.3 Å². The molecule has 116 valence electrons. The van der Waals surface area contributed by atoms with Gasteiger partial charge in [-0.15, -0.1) is 11.3 Å². The second-order valence-corrected chi connectivity index (χ2v) is 6.20. The lowest BCUT2D eigenvalue weighted by molar-refractivity contribution is 0.157. The van der Waals surface area contributed by atoms with Crippen molar-refractivity contribution < 1.29 is 9.90 Å². The first kappa shape index (κ1) is 15.0. The van der Waals surface area contributed by atoms with E-state index in [-0.39, 0.29) is 18.7 Å². The van der Waals surface area contributed by atoms with Crippen LogP contribution in [0.4, 0.5) is 4.79 Å². The van der Waals surface area contributed by atoms with Gasteiger partial charge in [0.1, 0.15) is 5.01 Å². The number of amides is 2. The van der Waals surface area contributed by atoms with Crippen LogP contribution in [0.5, 0.6) is 0 Å². The maximum atomic E-state index is 12.1. The number of likely N-dealkylation sites (tertiary alicyclic amines) is 1. The number of rotatable bonds is 4. The molecule has 6 heteroatoms. The van der Waals surface area contributed by atoms with Crippen molar-refractivity contribution in [3.8, 4) is 10.6 Å². The molecule has 2 N–H and O–H groups in total. The van der Waals surface area contributed by atoms with Crippen molar-refractivity contribution in [1.29, 1.82) is 0 Å². The Labute approximate surface area is 133 Å². The highest BCUT2D eigenvalue weighted by Gasteiger charge is 2.27. The van der Waals surface area contributed by atoms with E-state index < -0.39 is 0 Å². The first-order valence-corrected chi connectivity index (χ1v) is 8.31. The number of thiazole rings is 1. The summed E-state index contributed by atoms with van der Waals surface area (Å²) in [5, 5.41) is 15.1. The van der Waals surface area contributed by atoms with Crippen molar-refractivity contribution in [2.75, 3.05) is 13.2 Å². The van der Waals surface area contributed by atoms with Gasteiger partial charge in [-0.2, -0.15) is 0 Å². The van der Waals surface area contributed by atoms with Crippen LogP contribution in [0.15, 0.2) is 35.7 Å². The average molecular weight is 317 g/mol. The summed E-state index contributed by atoms with van der Waals surface area (Å²) in [6.45, 7) is 1.16. The number of carbonyl (C=O) groups excluding carboxylic acids is 1. The number of carbonyl (C=O) groups is 1. The second kappa shape index (κ2) is 6.89. The number of aliphatic hydroxyl groups excluding tert-OH is 1. The van der Waals surface area contributed by atoms with Crippen molar-refractivity contribution >= 4 is 17.4 Å². The van der Waals surface area contributed by atoms with E-state index in [0.29, 0.717) is 13.1 Å². The monoisotopic (exact) mass is 317 g/mol. The van der Waals surface area contributed by atoms with Crippen LogP contribution in [0.1, 0.15) is 18.5 Å². The Bertz CT molecular complexity index is 629. The Kier molecular flexibility index (Phi) is 4.70. The third-order valence-electron chi connectivity index (χ3n) is 3.84. The van der Waals surface area contributed by atoms with Gasteiger partial charge in [0.25, 0.3) is 0 Å². The predicted molar refractivity (Wildman–Crippen MR) is 86.6 cm³/mol. The lowest BCUT2D eigenvalue weighted by Crippen LogP contribution is -2.43. The SMILES string of the molecule is O=C(NCc1csc(-c2ccccc2)n1)N1CCCC1CO. The summed E-state index contributed by atoms with van der Waals surface area (Å²) in [5.74, 6) is 0. The summed E-state index contributed by atoms with van der Waals surface area (Å²) in [5.41, 5.74) is 1.95. The minimum Gasteiger partial charge on any atom is -0.394 e. The Morgan fingerprint density at radius 1 is 1.41 bits per heavy atom. The Balaban J connectivity index is 1.58. The lowest BCUT2D eigenvalue weighted by Gasteiger charge is -2.23. The second-order valence-electron chi connectivity index (χ2n) is 5.34. The molecule has 2 amide bonds. The molecule has 3 rings (SSSR count). The fourth-order valence-electron chi connectivity index (χ4n) is 2.66. The quantitative estimate of drug-likeness (QED) is 0.910. The normalized spacial score (nSPS) is 17.7. The van der Waals surface area contributed by atoms with Crippen LogP contribution < -0.4 is 5.32 Å². The van der Waals surface area contributed by atoms with E-state index in [1.165, 1.54) is 0 Å². The highest BCUT2D eigenvalue weighted by Crippen LogP contribution is 2.23. The van der Waals surface area contributed by atoms with Crippen LogP contribution in [0.3, 0.4) is 0 Å². The summed E-state index contributed by atoms with van der Waals surface area (Å²) in [6.07, 6.45) is 1.83. The molecule has 1 fully saturated rings. The summed E-state index contributed by atoms with van der Waals surface area (Å²) >= 11 is 1.58. The Morgan fingerprint density at radius 3 is 3.00 bits per heavy atom. The van der Waals surface area contributed by atoms with Gasteiger partial charge in [-0.25, -0.2) is 9.78 Å². The zero-order chi connectivity index (χ0) is 15.4. The van der Waals surface area contributed by atoms with Crippen LogP contribution in [0.25, 0.3) is 10.6 Å². The van der Waals surface area contributed by atoms with Crippen molar-refractivity contribution in [2.45, 2.75) is 25.4 Å².